The van der Waals surface area contributed by atoms with E-state index in [-0.39, 0.29) is 5.84 Å². The molecule has 2 aliphatic rings. The number of methoxy groups -OCH3 is 5. The van der Waals surface area contributed by atoms with Gasteiger partial charge in [0.1, 0.15) is 11.3 Å². The Labute approximate surface area is 156 Å². The van der Waals surface area contributed by atoms with Gasteiger partial charge < -0.3 is 29.4 Å². The molecule has 0 amide bonds. The van der Waals surface area contributed by atoms with Crippen molar-refractivity contribution in [1.82, 2.24) is 0 Å². The number of aliphatic imine (C=N–C) groups is 1. The minimum Gasteiger partial charge on any atom is -0.493 e. The maximum atomic E-state index is 10.1. The molecule has 1 heterocycles. The zero-order chi connectivity index (χ0) is 20.0. The van der Waals surface area contributed by atoms with Crippen molar-refractivity contribution in [3.8, 4) is 29.4 Å². The van der Waals surface area contributed by atoms with Crippen molar-refractivity contribution in [2.75, 3.05) is 35.5 Å². The van der Waals surface area contributed by atoms with Crippen molar-refractivity contribution in [2.45, 2.75) is 11.8 Å². The molecule has 2 N–H and O–H groups in total. The number of nitrogens with two attached hydrogens (primary N) is 1. The fourth-order valence-electron chi connectivity index (χ4n) is 4.34. The number of rotatable bonds is 6. The van der Waals surface area contributed by atoms with E-state index in [4.69, 9.17) is 29.4 Å². The number of nitriles is 2. The van der Waals surface area contributed by atoms with Gasteiger partial charge in [0, 0.05) is 25.7 Å². The third kappa shape index (κ3) is 1.80. The van der Waals surface area contributed by atoms with E-state index in [0.29, 0.717) is 22.8 Å². The number of benzene rings is 1. The van der Waals surface area contributed by atoms with E-state index >= 15 is 0 Å². The normalized spacial score (nSPS) is 29.7. The highest BCUT2D eigenvalue weighted by molar-refractivity contribution is 6.00. The number of hydrogen-bond donors (Lipinski definition) is 1. The van der Waals surface area contributed by atoms with Gasteiger partial charge in [0.2, 0.25) is 5.75 Å². The molecule has 1 saturated carbocycles. The third-order valence-corrected chi connectivity index (χ3v) is 5.53. The topological polar surface area (TPSA) is 132 Å². The minimum absolute atomic E-state index is 0.0166. The predicted molar refractivity (Wildman–Crippen MR) is 93.3 cm³/mol. The molecule has 0 unspecified atom stereocenters. The molecule has 1 fully saturated rings. The molecule has 3 rings (SSSR count). The van der Waals surface area contributed by atoms with Crippen molar-refractivity contribution < 1.29 is 23.7 Å². The van der Waals surface area contributed by atoms with Crippen LogP contribution >= 0.6 is 0 Å². The molecular formula is C18H20N4O5. The summed E-state index contributed by atoms with van der Waals surface area (Å²) < 4.78 is 27.2. The van der Waals surface area contributed by atoms with Crippen molar-refractivity contribution in [3.63, 3.8) is 0 Å². The van der Waals surface area contributed by atoms with Crippen molar-refractivity contribution >= 4 is 5.84 Å². The van der Waals surface area contributed by atoms with Gasteiger partial charge in [0.15, 0.2) is 16.9 Å². The van der Waals surface area contributed by atoms with Gasteiger partial charge >= 0.3 is 0 Å². The Bertz CT molecular complexity index is 898. The smallest absolute Gasteiger partial charge is 0.292 e. The monoisotopic (exact) mass is 372 g/mol. The van der Waals surface area contributed by atoms with Crippen LogP contribution in [0.4, 0.5) is 0 Å². The van der Waals surface area contributed by atoms with Crippen LogP contribution < -0.4 is 19.9 Å². The summed E-state index contributed by atoms with van der Waals surface area (Å²) in [5.41, 5.74) is 3.78. The molecule has 0 spiro atoms. The van der Waals surface area contributed by atoms with Crippen LogP contribution in [0.25, 0.3) is 0 Å². The van der Waals surface area contributed by atoms with Gasteiger partial charge in [-0.2, -0.15) is 10.5 Å². The van der Waals surface area contributed by atoms with Crippen LogP contribution in [0, 0.1) is 33.5 Å². The van der Waals surface area contributed by atoms with Crippen LogP contribution in [0.5, 0.6) is 17.2 Å². The molecule has 0 radical (unpaired) electrons. The average Bonchev–Trinajstić information content (AvgIpc) is 3.28. The summed E-state index contributed by atoms with van der Waals surface area (Å²) in [6.07, 6.45) is 0. The largest absolute Gasteiger partial charge is 0.493 e. The predicted octanol–water partition coefficient (Wildman–Crippen LogP) is 1.15. The van der Waals surface area contributed by atoms with Crippen LogP contribution in [0.15, 0.2) is 17.1 Å². The number of nitrogens with zero attached hydrogens (tertiary/aromatic N) is 3. The van der Waals surface area contributed by atoms with Crippen molar-refractivity contribution in [2.24, 2.45) is 21.6 Å². The molecule has 1 aromatic rings. The summed E-state index contributed by atoms with van der Waals surface area (Å²) >= 11 is 0. The fourth-order valence-corrected chi connectivity index (χ4v) is 4.34. The molecule has 142 valence electrons. The van der Waals surface area contributed by atoms with Crippen LogP contribution in [0.1, 0.15) is 11.5 Å². The Morgan fingerprint density at radius 3 is 2.04 bits per heavy atom. The Morgan fingerprint density at radius 1 is 0.963 bits per heavy atom. The van der Waals surface area contributed by atoms with E-state index < -0.39 is 22.7 Å². The average molecular weight is 372 g/mol. The lowest BCUT2D eigenvalue weighted by atomic mass is 9.93. The standard InChI is InChI=1S/C18H20N4O5/c1-23-11-7-6-10(12(24-2)13(11)25-3)14-16(8-19)15(21)22-18(26-4,27-5)17(14,16)9-20/h6-7,14H,1-5H3,(H2,21,22)/t14-,16-,17+/m0/s1. The first kappa shape index (κ1) is 18.8. The molecule has 1 aliphatic heterocycles. The molecular weight excluding hydrogens is 352 g/mol. The maximum absolute atomic E-state index is 10.1. The summed E-state index contributed by atoms with van der Waals surface area (Å²) in [5.74, 6) is -1.28. The molecule has 3 atom stereocenters. The summed E-state index contributed by atoms with van der Waals surface area (Å²) in [6.45, 7) is 0. The highest BCUT2D eigenvalue weighted by Gasteiger charge is 2.94. The van der Waals surface area contributed by atoms with Crippen LogP contribution in [0.3, 0.4) is 0 Å². The van der Waals surface area contributed by atoms with Gasteiger partial charge in [0.25, 0.3) is 5.91 Å². The van der Waals surface area contributed by atoms with E-state index in [9.17, 15) is 10.5 Å². The molecule has 1 aromatic carbocycles. The third-order valence-electron chi connectivity index (χ3n) is 5.53. The summed E-state index contributed by atoms with van der Waals surface area (Å²) in [7, 11) is 7.15. The van der Waals surface area contributed by atoms with Gasteiger partial charge in [-0.05, 0) is 6.07 Å². The van der Waals surface area contributed by atoms with Crippen molar-refractivity contribution in [3.05, 3.63) is 17.7 Å². The molecule has 0 aromatic heterocycles. The molecule has 0 bridgehead atoms. The van der Waals surface area contributed by atoms with Gasteiger partial charge in [0.05, 0.1) is 33.5 Å². The molecule has 27 heavy (non-hydrogen) atoms. The van der Waals surface area contributed by atoms with Crippen LogP contribution in [0.2, 0.25) is 0 Å². The lowest BCUT2D eigenvalue weighted by Crippen LogP contribution is -2.41. The fraction of sp³-hybridized carbons (Fsp3) is 0.500. The molecule has 9 heteroatoms. The Kier molecular flexibility index (Phi) is 4.18. The van der Waals surface area contributed by atoms with Crippen LogP contribution in [-0.2, 0) is 9.47 Å². The van der Waals surface area contributed by atoms with Gasteiger partial charge in [-0.15, -0.1) is 0 Å². The Balaban J connectivity index is 2.31. The number of ether oxygens (including phenoxy) is 5. The second kappa shape index (κ2) is 6.02. The SMILES string of the molecule is COc1ccc([C@@H]2[C@@]3(C#N)C(OC)(OC)N=C(N)[C@]23C#N)c(OC)c1OC. The first-order valence-corrected chi connectivity index (χ1v) is 8.02. The molecule has 0 saturated heterocycles. The Morgan fingerprint density at radius 2 is 1.59 bits per heavy atom. The lowest BCUT2D eigenvalue weighted by molar-refractivity contribution is -0.230. The van der Waals surface area contributed by atoms with E-state index in [2.05, 4.69) is 17.1 Å². The van der Waals surface area contributed by atoms with E-state index in [1.165, 1.54) is 35.5 Å². The van der Waals surface area contributed by atoms with E-state index in [0.717, 1.165) is 0 Å². The van der Waals surface area contributed by atoms with Gasteiger partial charge in [-0.25, -0.2) is 4.99 Å². The van der Waals surface area contributed by atoms with Crippen molar-refractivity contribution in [1.29, 1.82) is 10.5 Å². The highest BCUT2D eigenvalue weighted by atomic mass is 16.7. The quantitative estimate of drug-likeness (QED) is 0.735. The van der Waals surface area contributed by atoms with Crippen LogP contribution in [-0.4, -0.2) is 47.3 Å². The maximum Gasteiger partial charge on any atom is 0.292 e. The molecule has 1 aliphatic carbocycles. The summed E-state index contributed by atoms with van der Waals surface area (Å²) in [4.78, 5) is 4.19. The minimum atomic E-state index is -1.70. The number of fused-ring (bicyclic) bond motifs is 1. The zero-order valence-electron chi connectivity index (χ0n) is 15.7. The van der Waals surface area contributed by atoms with Gasteiger partial charge in [-0.3, -0.25) is 0 Å². The van der Waals surface area contributed by atoms with E-state index in [1.54, 1.807) is 12.1 Å². The number of hydrogen-bond acceptors (Lipinski definition) is 9. The zero-order valence-corrected chi connectivity index (χ0v) is 15.7. The van der Waals surface area contributed by atoms with E-state index in [1.807, 2.05) is 0 Å². The lowest BCUT2D eigenvalue weighted by Gasteiger charge is -2.29. The highest BCUT2D eigenvalue weighted by Crippen LogP contribution is 2.82. The summed E-state index contributed by atoms with van der Waals surface area (Å²) in [6, 6.07) is 7.77. The van der Waals surface area contributed by atoms with Gasteiger partial charge in [-0.1, -0.05) is 6.07 Å². The second-order valence-electron chi connectivity index (χ2n) is 6.18. The first-order chi connectivity index (χ1) is 12.9. The number of amidine groups is 1. The Hall–Kier alpha value is -3.01. The summed E-state index contributed by atoms with van der Waals surface area (Å²) in [5, 5.41) is 20.1. The second-order valence-corrected chi connectivity index (χ2v) is 6.18. The first-order valence-electron chi connectivity index (χ1n) is 8.02. The molecule has 9 nitrogen and oxygen atoms in total.